The van der Waals surface area contributed by atoms with Crippen molar-refractivity contribution in [3.8, 4) is 0 Å². The molecule has 7 nitrogen and oxygen atoms in total. The van der Waals surface area contributed by atoms with Crippen LogP contribution in [0.3, 0.4) is 0 Å². The number of nitrogens with zero attached hydrogens (tertiary/aromatic N) is 3. The molecule has 2 heterocycles. The van der Waals surface area contributed by atoms with E-state index in [9.17, 15) is 27.6 Å². The van der Waals surface area contributed by atoms with E-state index in [1.165, 1.54) is 35.4 Å². The summed E-state index contributed by atoms with van der Waals surface area (Å²) >= 11 is 6.50. The quantitative estimate of drug-likeness (QED) is 0.414. The number of hydrogen-bond acceptors (Lipinski definition) is 4. The van der Waals surface area contributed by atoms with Crippen LogP contribution in [0.25, 0.3) is 0 Å². The number of benzene rings is 2. The molecule has 0 bridgehead atoms. The van der Waals surface area contributed by atoms with E-state index in [1.807, 2.05) is 6.92 Å². The van der Waals surface area contributed by atoms with Gasteiger partial charge in [-0.15, -0.1) is 0 Å². The first-order valence-corrected chi connectivity index (χ1v) is 13.2. The van der Waals surface area contributed by atoms with Crippen LogP contribution in [0.15, 0.2) is 66.9 Å². The molecule has 2 aromatic carbocycles. The van der Waals surface area contributed by atoms with Crippen molar-refractivity contribution in [2.75, 3.05) is 9.80 Å². The smallest absolute Gasteiger partial charge is 0.252 e. The van der Waals surface area contributed by atoms with Crippen molar-refractivity contribution < 1.29 is 27.6 Å². The second-order valence-corrected chi connectivity index (χ2v) is 10.5. The van der Waals surface area contributed by atoms with Gasteiger partial charge >= 0.3 is 0 Å². The molecule has 2 atom stereocenters. The number of anilines is 2. The molecule has 5 rings (SSSR count). The number of rotatable bonds is 7. The number of hydrogen-bond donors (Lipinski definition) is 1. The standard InChI is InChI=1S/C29H26ClF3N4O3/c1-17-11-12-34-24(13-17)37-23(9-10-25(37)38)28(40)36(20-6-4-5-18(31)14-20)26(21-7-2-3-8-22(21)30)27(39)35-19-15-29(32,33)16-19/h2-8,11-14,19,23,26H,9-10,15-16H2,1H3,(H,35,39)/t23-,26+/m0/s1. The van der Waals surface area contributed by atoms with Gasteiger partial charge in [0.2, 0.25) is 11.8 Å². The number of carbonyl (C=O) groups is 3. The van der Waals surface area contributed by atoms with Crippen molar-refractivity contribution in [3.05, 3.63) is 88.8 Å². The molecular weight excluding hydrogens is 545 g/mol. The minimum Gasteiger partial charge on any atom is -0.351 e. The van der Waals surface area contributed by atoms with E-state index in [2.05, 4.69) is 10.3 Å². The van der Waals surface area contributed by atoms with E-state index in [0.717, 1.165) is 16.5 Å². The Morgan fingerprint density at radius 3 is 2.55 bits per heavy atom. The summed E-state index contributed by atoms with van der Waals surface area (Å²) in [5, 5.41) is 2.76. The number of nitrogens with one attached hydrogen (secondary N) is 1. The van der Waals surface area contributed by atoms with E-state index in [1.54, 1.807) is 30.3 Å². The molecule has 1 saturated carbocycles. The molecule has 11 heteroatoms. The van der Waals surface area contributed by atoms with E-state index < -0.39 is 54.5 Å². The molecule has 3 aromatic rings. The average molecular weight is 571 g/mol. The molecular formula is C29H26ClF3N4O3. The lowest BCUT2D eigenvalue weighted by atomic mass is 9.87. The van der Waals surface area contributed by atoms with Crippen LogP contribution in [0.5, 0.6) is 0 Å². The fourth-order valence-electron chi connectivity index (χ4n) is 5.18. The Morgan fingerprint density at radius 2 is 1.88 bits per heavy atom. The lowest BCUT2D eigenvalue weighted by Gasteiger charge is -2.39. The average Bonchev–Trinajstić information content (AvgIpc) is 3.27. The summed E-state index contributed by atoms with van der Waals surface area (Å²) in [5.74, 6) is -5.02. The third-order valence-corrected chi connectivity index (χ3v) is 7.46. The van der Waals surface area contributed by atoms with Crippen LogP contribution >= 0.6 is 11.6 Å². The highest BCUT2D eigenvalue weighted by Gasteiger charge is 2.48. The number of carbonyl (C=O) groups excluding carboxylic acids is 3. The zero-order valence-electron chi connectivity index (χ0n) is 21.5. The van der Waals surface area contributed by atoms with Gasteiger partial charge < -0.3 is 5.32 Å². The van der Waals surface area contributed by atoms with E-state index in [0.29, 0.717) is 0 Å². The topological polar surface area (TPSA) is 82.6 Å². The molecule has 1 N–H and O–H groups in total. The molecule has 0 radical (unpaired) electrons. The van der Waals surface area contributed by atoms with Gasteiger partial charge in [0.1, 0.15) is 23.7 Å². The third kappa shape index (κ3) is 5.54. The number of alkyl halides is 2. The number of pyridine rings is 1. The summed E-state index contributed by atoms with van der Waals surface area (Å²) in [6.45, 7) is 1.82. The molecule has 1 saturated heterocycles. The maximum absolute atomic E-state index is 14.5. The number of aromatic nitrogens is 1. The Hall–Kier alpha value is -3.92. The predicted molar refractivity (Wildman–Crippen MR) is 144 cm³/mol. The van der Waals surface area contributed by atoms with Gasteiger partial charge in [0.15, 0.2) is 0 Å². The van der Waals surface area contributed by atoms with Crippen molar-refractivity contribution in [1.82, 2.24) is 10.3 Å². The van der Waals surface area contributed by atoms with Gasteiger partial charge in [-0.3, -0.25) is 24.2 Å². The van der Waals surface area contributed by atoms with Gasteiger partial charge in [0.05, 0.1) is 0 Å². The summed E-state index contributed by atoms with van der Waals surface area (Å²) in [5.41, 5.74) is 1.08. The predicted octanol–water partition coefficient (Wildman–Crippen LogP) is 5.37. The highest BCUT2D eigenvalue weighted by molar-refractivity contribution is 6.31. The van der Waals surface area contributed by atoms with Crippen LogP contribution in [-0.4, -0.2) is 40.7 Å². The molecule has 3 amide bonds. The van der Waals surface area contributed by atoms with Gasteiger partial charge in [-0.05, 0) is 55.3 Å². The van der Waals surface area contributed by atoms with Crippen molar-refractivity contribution in [2.45, 2.75) is 56.7 Å². The van der Waals surface area contributed by atoms with Gasteiger partial charge in [-0.1, -0.05) is 35.9 Å². The first kappa shape index (κ1) is 27.6. The lowest BCUT2D eigenvalue weighted by Crippen LogP contribution is -2.56. The molecule has 2 aliphatic rings. The van der Waals surface area contributed by atoms with Crippen LogP contribution in [0, 0.1) is 12.7 Å². The molecule has 1 aliphatic heterocycles. The first-order chi connectivity index (χ1) is 19.0. The van der Waals surface area contributed by atoms with E-state index in [-0.39, 0.29) is 40.8 Å². The Labute approximate surface area is 233 Å². The largest absolute Gasteiger partial charge is 0.351 e. The second kappa shape index (κ2) is 10.9. The third-order valence-electron chi connectivity index (χ3n) is 7.11. The minimum atomic E-state index is -2.89. The highest BCUT2D eigenvalue weighted by Crippen LogP contribution is 2.39. The zero-order chi connectivity index (χ0) is 28.6. The Balaban J connectivity index is 1.60. The van der Waals surface area contributed by atoms with Crippen LogP contribution in [0.1, 0.15) is 42.9 Å². The molecule has 40 heavy (non-hydrogen) atoms. The zero-order valence-corrected chi connectivity index (χ0v) is 22.2. The van der Waals surface area contributed by atoms with Crippen molar-refractivity contribution >= 4 is 40.8 Å². The summed E-state index contributed by atoms with van der Waals surface area (Å²) in [4.78, 5) is 47.9. The van der Waals surface area contributed by atoms with Crippen LogP contribution in [0.4, 0.5) is 24.7 Å². The molecule has 208 valence electrons. The molecule has 2 fully saturated rings. The van der Waals surface area contributed by atoms with Crippen LogP contribution in [-0.2, 0) is 14.4 Å². The van der Waals surface area contributed by atoms with Crippen molar-refractivity contribution in [1.29, 1.82) is 0 Å². The second-order valence-electron chi connectivity index (χ2n) is 10.1. The van der Waals surface area contributed by atoms with Gasteiger partial charge in [0.25, 0.3) is 11.8 Å². The highest BCUT2D eigenvalue weighted by atomic mass is 35.5. The normalized spacial score (nSPS) is 19.2. The lowest BCUT2D eigenvalue weighted by molar-refractivity contribution is -0.133. The number of amides is 3. The van der Waals surface area contributed by atoms with Crippen LogP contribution < -0.4 is 15.1 Å². The summed E-state index contributed by atoms with van der Waals surface area (Å²) in [6, 6.07) is 11.6. The first-order valence-electron chi connectivity index (χ1n) is 12.8. The molecule has 1 aliphatic carbocycles. The van der Waals surface area contributed by atoms with Crippen molar-refractivity contribution in [3.63, 3.8) is 0 Å². The summed E-state index contributed by atoms with van der Waals surface area (Å²) in [7, 11) is 0. The summed E-state index contributed by atoms with van der Waals surface area (Å²) in [6.07, 6.45) is 0.641. The Bertz CT molecular complexity index is 1460. The monoisotopic (exact) mass is 570 g/mol. The van der Waals surface area contributed by atoms with Gasteiger partial charge in [0, 0.05) is 47.8 Å². The SMILES string of the molecule is Cc1ccnc(N2C(=O)CC[C@H]2C(=O)N(c2cccc(F)c2)[C@@H](C(=O)NC2CC(F)(F)C2)c2ccccc2Cl)c1. The maximum Gasteiger partial charge on any atom is 0.252 e. The van der Waals surface area contributed by atoms with Gasteiger partial charge in [-0.2, -0.15) is 0 Å². The molecule has 1 aromatic heterocycles. The van der Waals surface area contributed by atoms with Crippen molar-refractivity contribution in [2.24, 2.45) is 0 Å². The minimum absolute atomic E-state index is 0.0421. The summed E-state index contributed by atoms with van der Waals surface area (Å²) < 4.78 is 41.6. The Morgan fingerprint density at radius 1 is 1.12 bits per heavy atom. The fraction of sp³-hybridized carbons (Fsp3) is 0.310. The van der Waals surface area contributed by atoms with Gasteiger partial charge in [-0.25, -0.2) is 18.2 Å². The fourth-order valence-corrected chi connectivity index (χ4v) is 5.42. The number of halogens is 4. The number of aryl methyl sites for hydroxylation is 1. The maximum atomic E-state index is 14.5. The molecule has 0 unspecified atom stereocenters. The molecule has 0 spiro atoms. The van der Waals surface area contributed by atoms with E-state index >= 15 is 0 Å². The van der Waals surface area contributed by atoms with Crippen LogP contribution in [0.2, 0.25) is 5.02 Å². The Kier molecular flexibility index (Phi) is 7.55. The van der Waals surface area contributed by atoms with E-state index in [4.69, 9.17) is 11.6 Å².